The topological polar surface area (TPSA) is 94.0 Å². The Labute approximate surface area is 115 Å². The molecule has 0 aliphatic heterocycles. The summed E-state index contributed by atoms with van der Waals surface area (Å²) in [5, 5.41) is 0. The van der Waals surface area contributed by atoms with Crippen LogP contribution in [0, 0.1) is 0 Å². The predicted molar refractivity (Wildman–Crippen MR) is 76.3 cm³/mol. The lowest BCUT2D eigenvalue weighted by Gasteiger charge is -2.05. The average Bonchev–Trinajstić information content (AvgIpc) is 2.46. The van der Waals surface area contributed by atoms with E-state index in [1.54, 1.807) is 36.3 Å². The normalized spacial score (nSPS) is 10.2. The molecule has 1 aromatic carbocycles. The number of rotatable bonds is 4. The summed E-state index contributed by atoms with van der Waals surface area (Å²) < 4.78 is 0. The number of pyridine rings is 1. The van der Waals surface area contributed by atoms with E-state index in [1.807, 2.05) is 18.2 Å². The number of nitrogen functional groups attached to an aromatic ring is 2. The van der Waals surface area contributed by atoms with Crippen molar-refractivity contribution in [2.75, 3.05) is 5.73 Å². The van der Waals surface area contributed by atoms with Crippen LogP contribution in [0.5, 0.6) is 0 Å². The Balaban J connectivity index is 2.01. The Kier molecular flexibility index (Phi) is 4.38. The van der Waals surface area contributed by atoms with Crippen LogP contribution in [0.3, 0.4) is 0 Å². The van der Waals surface area contributed by atoms with Gasteiger partial charge in [0.05, 0.1) is 11.9 Å². The van der Waals surface area contributed by atoms with Gasteiger partial charge in [-0.2, -0.15) is 0 Å². The zero-order valence-electron chi connectivity index (χ0n) is 10.2. The lowest BCUT2D eigenvalue weighted by Crippen LogP contribution is -2.29. The molecule has 6 heteroatoms. The van der Waals surface area contributed by atoms with Crippen LogP contribution in [-0.2, 0) is 5.75 Å². The van der Waals surface area contributed by atoms with E-state index in [-0.39, 0.29) is 5.91 Å². The van der Waals surface area contributed by atoms with Crippen molar-refractivity contribution in [3.8, 4) is 0 Å². The van der Waals surface area contributed by atoms with E-state index in [9.17, 15) is 4.79 Å². The fourth-order valence-electron chi connectivity index (χ4n) is 1.52. The first-order chi connectivity index (χ1) is 9.20. The van der Waals surface area contributed by atoms with Crippen molar-refractivity contribution < 1.29 is 4.79 Å². The number of amides is 1. The van der Waals surface area contributed by atoms with Gasteiger partial charge in [-0.15, -0.1) is 11.8 Å². The lowest BCUT2D eigenvalue weighted by atomic mass is 10.1. The molecule has 0 aliphatic rings. The molecule has 5 N–H and O–H groups in total. The first-order valence-electron chi connectivity index (χ1n) is 5.63. The average molecular weight is 274 g/mol. The lowest BCUT2D eigenvalue weighted by molar-refractivity contribution is 0.0953. The van der Waals surface area contributed by atoms with Crippen molar-refractivity contribution in [3.63, 3.8) is 0 Å². The van der Waals surface area contributed by atoms with Crippen molar-refractivity contribution in [1.82, 2.24) is 10.4 Å². The summed E-state index contributed by atoms with van der Waals surface area (Å²) in [5.41, 5.74) is 10.2. The van der Waals surface area contributed by atoms with Gasteiger partial charge in [-0.1, -0.05) is 12.1 Å². The number of hydrogen-bond donors (Lipinski definition) is 3. The number of thioether (sulfide) groups is 1. The highest BCUT2D eigenvalue weighted by atomic mass is 32.2. The molecule has 19 heavy (non-hydrogen) atoms. The van der Waals surface area contributed by atoms with Crippen LogP contribution in [0.4, 0.5) is 5.69 Å². The van der Waals surface area contributed by atoms with Crippen LogP contribution in [-0.4, -0.2) is 10.9 Å². The largest absolute Gasteiger partial charge is 0.397 e. The van der Waals surface area contributed by atoms with Crippen molar-refractivity contribution in [2.24, 2.45) is 5.84 Å². The SMILES string of the molecule is NNC(=O)c1ccc(CSc2ccncc2N)cc1. The molecule has 0 unspecified atom stereocenters. The molecule has 2 aromatic rings. The third kappa shape index (κ3) is 3.46. The number of hydrogen-bond acceptors (Lipinski definition) is 5. The van der Waals surface area contributed by atoms with Gasteiger partial charge in [-0.3, -0.25) is 15.2 Å². The number of carbonyl (C=O) groups excluding carboxylic acids is 1. The van der Waals surface area contributed by atoms with Gasteiger partial charge in [0.1, 0.15) is 0 Å². The zero-order valence-corrected chi connectivity index (χ0v) is 11.0. The second kappa shape index (κ2) is 6.21. The molecule has 1 heterocycles. The Hall–Kier alpha value is -2.05. The van der Waals surface area contributed by atoms with Crippen LogP contribution in [0.25, 0.3) is 0 Å². The summed E-state index contributed by atoms with van der Waals surface area (Å²) in [7, 11) is 0. The van der Waals surface area contributed by atoms with Gasteiger partial charge in [0.25, 0.3) is 5.91 Å². The number of anilines is 1. The number of nitrogens with zero attached hydrogens (tertiary/aromatic N) is 1. The van der Waals surface area contributed by atoms with Crippen LogP contribution in [0.1, 0.15) is 15.9 Å². The number of benzene rings is 1. The number of aromatic nitrogens is 1. The summed E-state index contributed by atoms with van der Waals surface area (Å²) in [6.45, 7) is 0. The third-order valence-electron chi connectivity index (χ3n) is 2.55. The minimum absolute atomic E-state index is 0.294. The minimum atomic E-state index is -0.294. The molecule has 98 valence electrons. The van der Waals surface area contributed by atoms with Crippen LogP contribution in [0.2, 0.25) is 0 Å². The molecule has 5 nitrogen and oxygen atoms in total. The summed E-state index contributed by atoms with van der Waals surface area (Å²) in [4.78, 5) is 16.2. The molecular formula is C13H14N4OS. The van der Waals surface area contributed by atoms with Gasteiger partial charge < -0.3 is 5.73 Å². The van der Waals surface area contributed by atoms with E-state index in [0.29, 0.717) is 11.3 Å². The fraction of sp³-hybridized carbons (Fsp3) is 0.0769. The standard InChI is InChI=1S/C13H14N4OS/c14-11-7-16-6-5-12(11)19-8-9-1-3-10(4-2-9)13(18)17-15/h1-7H,8,14-15H2,(H,17,18). The zero-order chi connectivity index (χ0) is 13.7. The highest BCUT2D eigenvalue weighted by Gasteiger charge is 2.04. The van der Waals surface area contributed by atoms with Gasteiger partial charge in [-0.25, -0.2) is 5.84 Å². The second-order valence-electron chi connectivity index (χ2n) is 3.87. The monoisotopic (exact) mass is 274 g/mol. The molecule has 1 amide bonds. The van der Waals surface area contributed by atoms with Crippen molar-refractivity contribution >= 4 is 23.4 Å². The van der Waals surface area contributed by atoms with E-state index < -0.39 is 0 Å². The fourth-order valence-corrected chi connectivity index (χ4v) is 2.41. The Morgan fingerprint density at radius 1 is 1.26 bits per heavy atom. The molecule has 0 aliphatic carbocycles. The maximum atomic E-state index is 11.3. The number of nitrogens with two attached hydrogens (primary N) is 2. The summed E-state index contributed by atoms with van der Waals surface area (Å²) in [5.74, 6) is 5.55. The van der Waals surface area contributed by atoms with E-state index in [4.69, 9.17) is 11.6 Å². The van der Waals surface area contributed by atoms with E-state index in [1.165, 1.54) is 0 Å². The quantitative estimate of drug-likeness (QED) is 0.340. The molecule has 0 saturated carbocycles. The molecular weight excluding hydrogens is 260 g/mol. The van der Waals surface area contributed by atoms with Gasteiger partial charge in [0.2, 0.25) is 0 Å². The minimum Gasteiger partial charge on any atom is -0.397 e. The Bertz CT molecular complexity index is 571. The number of carbonyl (C=O) groups is 1. The van der Waals surface area contributed by atoms with Crippen molar-refractivity contribution in [3.05, 3.63) is 53.9 Å². The Morgan fingerprint density at radius 2 is 2.00 bits per heavy atom. The van der Waals surface area contributed by atoms with Crippen LogP contribution >= 0.6 is 11.8 Å². The van der Waals surface area contributed by atoms with Gasteiger partial charge in [-0.05, 0) is 23.8 Å². The van der Waals surface area contributed by atoms with Crippen LogP contribution in [0.15, 0.2) is 47.6 Å². The molecule has 0 radical (unpaired) electrons. The van der Waals surface area contributed by atoms with Gasteiger partial charge in [0, 0.05) is 22.4 Å². The third-order valence-corrected chi connectivity index (χ3v) is 3.71. The highest BCUT2D eigenvalue weighted by molar-refractivity contribution is 7.98. The Morgan fingerprint density at radius 3 is 2.63 bits per heavy atom. The first-order valence-corrected chi connectivity index (χ1v) is 6.61. The predicted octanol–water partition coefficient (Wildman–Crippen LogP) is 1.56. The molecule has 2 rings (SSSR count). The van der Waals surface area contributed by atoms with Crippen molar-refractivity contribution in [2.45, 2.75) is 10.6 Å². The maximum absolute atomic E-state index is 11.3. The summed E-state index contributed by atoms with van der Waals surface area (Å²) in [6.07, 6.45) is 3.35. The molecule has 0 spiro atoms. The maximum Gasteiger partial charge on any atom is 0.265 e. The van der Waals surface area contributed by atoms with Gasteiger partial charge in [0.15, 0.2) is 0 Å². The molecule has 0 saturated heterocycles. The molecule has 0 fully saturated rings. The first kappa shape index (κ1) is 13.4. The molecule has 0 bridgehead atoms. The summed E-state index contributed by atoms with van der Waals surface area (Å²) in [6, 6.07) is 9.17. The molecule has 1 aromatic heterocycles. The van der Waals surface area contributed by atoms with Crippen LogP contribution < -0.4 is 17.0 Å². The van der Waals surface area contributed by atoms with E-state index in [0.717, 1.165) is 16.2 Å². The number of nitrogens with one attached hydrogen (secondary N) is 1. The second-order valence-corrected chi connectivity index (χ2v) is 4.89. The van der Waals surface area contributed by atoms with Gasteiger partial charge >= 0.3 is 0 Å². The number of hydrazine groups is 1. The molecule has 0 atom stereocenters. The van der Waals surface area contributed by atoms with E-state index in [2.05, 4.69) is 10.4 Å². The highest BCUT2D eigenvalue weighted by Crippen LogP contribution is 2.27. The van der Waals surface area contributed by atoms with E-state index >= 15 is 0 Å². The van der Waals surface area contributed by atoms with Crippen molar-refractivity contribution in [1.29, 1.82) is 0 Å². The smallest absolute Gasteiger partial charge is 0.265 e. The summed E-state index contributed by atoms with van der Waals surface area (Å²) >= 11 is 1.63.